The molecule has 1 aromatic heterocycles. The van der Waals surface area contributed by atoms with Gasteiger partial charge in [0.25, 0.3) is 0 Å². The van der Waals surface area contributed by atoms with Crippen LogP contribution in [0.25, 0.3) is 0 Å². The monoisotopic (exact) mass is 284 g/mol. The Morgan fingerprint density at radius 1 is 1.14 bits per heavy atom. The van der Waals surface area contributed by atoms with E-state index in [1.54, 1.807) is 6.07 Å². The lowest BCUT2D eigenvalue weighted by Gasteiger charge is -2.18. The quantitative estimate of drug-likeness (QED) is 0.889. The zero-order chi connectivity index (χ0) is 15.5. The topological polar surface area (TPSA) is 63.8 Å². The highest BCUT2D eigenvalue weighted by Crippen LogP contribution is 2.25. The Balaban J connectivity index is 2.34. The molecule has 3 N–H and O–H groups in total. The van der Waals surface area contributed by atoms with Crippen LogP contribution in [0.15, 0.2) is 30.3 Å². The molecule has 4 heteroatoms. The van der Waals surface area contributed by atoms with Crippen LogP contribution < -0.4 is 11.1 Å². The number of para-hydroxylation sites is 1. The molecule has 2 rings (SSSR count). The van der Waals surface area contributed by atoms with Crippen LogP contribution in [-0.4, -0.2) is 9.97 Å². The van der Waals surface area contributed by atoms with Gasteiger partial charge in [-0.15, -0.1) is 0 Å². The normalized spacial score (nSPS) is 11.4. The second-order valence-electron chi connectivity index (χ2n) is 6.28. The van der Waals surface area contributed by atoms with Crippen LogP contribution in [0, 0.1) is 0 Å². The molecule has 0 radical (unpaired) electrons. The molecule has 0 atom stereocenters. The van der Waals surface area contributed by atoms with E-state index in [1.807, 2.05) is 6.07 Å². The second kappa shape index (κ2) is 6.12. The van der Waals surface area contributed by atoms with E-state index in [0.29, 0.717) is 5.82 Å². The van der Waals surface area contributed by atoms with Crippen molar-refractivity contribution < 1.29 is 0 Å². The van der Waals surface area contributed by atoms with Gasteiger partial charge in [0.05, 0.1) is 0 Å². The molecule has 0 amide bonds. The smallest absolute Gasteiger partial charge is 0.138 e. The first kappa shape index (κ1) is 15.3. The molecule has 0 aliphatic heterocycles. The number of rotatable bonds is 4. The van der Waals surface area contributed by atoms with Crippen molar-refractivity contribution in [1.82, 2.24) is 9.97 Å². The second-order valence-corrected chi connectivity index (χ2v) is 6.28. The van der Waals surface area contributed by atoms with Crippen molar-refractivity contribution >= 4 is 17.3 Å². The van der Waals surface area contributed by atoms with E-state index in [1.165, 1.54) is 5.56 Å². The Morgan fingerprint density at radius 3 is 2.52 bits per heavy atom. The van der Waals surface area contributed by atoms with Crippen molar-refractivity contribution in [3.8, 4) is 0 Å². The van der Waals surface area contributed by atoms with Gasteiger partial charge in [-0.05, 0) is 18.1 Å². The van der Waals surface area contributed by atoms with Gasteiger partial charge in [0, 0.05) is 17.2 Å². The predicted molar refractivity (Wildman–Crippen MR) is 88.9 cm³/mol. The third-order valence-corrected chi connectivity index (χ3v) is 3.22. The summed E-state index contributed by atoms with van der Waals surface area (Å²) < 4.78 is 0. The molecule has 1 aromatic carbocycles. The number of aromatic nitrogens is 2. The maximum absolute atomic E-state index is 5.92. The van der Waals surface area contributed by atoms with Crippen molar-refractivity contribution in [3.63, 3.8) is 0 Å². The van der Waals surface area contributed by atoms with E-state index in [9.17, 15) is 0 Å². The molecular weight excluding hydrogens is 260 g/mol. The van der Waals surface area contributed by atoms with Crippen LogP contribution in [-0.2, 0) is 11.8 Å². The fraction of sp³-hybridized carbons (Fsp3) is 0.412. The summed E-state index contributed by atoms with van der Waals surface area (Å²) in [7, 11) is 0. The summed E-state index contributed by atoms with van der Waals surface area (Å²) in [6, 6.07) is 10.1. The fourth-order valence-corrected chi connectivity index (χ4v) is 2.13. The molecule has 0 bridgehead atoms. The van der Waals surface area contributed by atoms with Gasteiger partial charge < -0.3 is 11.1 Å². The molecule has 0 saturated heterocycles. The molecule has 0 fully saturated rings. The van der Waals surface area contributed by atoms with E-state index >= 15 is 0 Å². The summed E-state index contributed by atoms with van der Waals surface area (Å²) in [6.45, 7) is 8.42. The lowest BCUT2D eigenvalue weighted by Crippen LogP contribution is -2.17. The van der Waals surface area contributed by atoms with Crippen LogP contribution in [0.2, 0.25) is 0 Å². The summed E-state index contributed by atoms with van der Waals surface area (Å²) in [5, 5.41) is 3.38. The highest BCUT2D eigenvalue weighted by molar-refractivity contribution is 5.62. The van der Waals surface area contributed by atoms with E-state index in [-0.39, 0.29) is 5.41 Å². The molecule has 1 heterocycles. The Labute approximate surface area is 126 Å². The van der Waals surface area contributed by atoms with E-state index < -0.39 is 0 Å². The van der Waals surface area contributed by atoms with Gasteiger partial charge in [0.1, 0.15) is 17.5 Å². The van der Waals surface area contributed by atoms with Crippen molar-refractivity contribution in [2.45, 2.75) is 46.0 Å². The first-order chi connectivity index (χ1) is 9.90. The molecule has 4 nitrogen and oxygen atoms in total. The highest BCUT2D eigenvalue weighted by atomic mass is 15.1. The maximum Gasteiger partial charge on any atom is 0.138 e. The van der Waals surface area contributed by atoms with E-state index in [4.69, 9.17) is 5.73 Å². The van der Waals surface area contributed by atoms with Crippen LogP contribution in [0.1, 0.15) is 45.5 Å². The molecule has 0 aliphatic carbocycles. The maximum atomic E-state index is 5.92. The minimum Gasteiger partial charge on any atom is -0.384 e. The largest absolute Gasteiger partial charge is 0.384 e. The Hall–Kier alpha value is -2.10. The number of hydrogen-bond acceptors (Lipinski definition) is 4. The number of nitrogen functional groups attached to an aromatic ring is 1. The fourth-order valence-electron chi connectivity index (χ4n) is 2.13. The lowest BCUT2D eigenvalue weighted by atomic mass is 9.96. The molecular formula is C17H24N4. The molecule has 112 valence electrons. The van der Waals surface area contributed by atoms with Gasteiger partial charge in [-0.1, -0.05) is 52.3 Å². The number of benzene rings is 1. The van der Waals surface area contributed by atoms with Gasteiger partial charge in [-0.25, -0.2) is 9.97 Å². The van der Waals surface area contributed by atoms with E-state index in [0.717, 1.165) is 30.2 Å². The van der Waals surface area contributed by atoms with Crippen molar-refractivity contribution in [1.29, 1.82) is 0 Å². The third-order valence-electron chi connectivity index (χ3n) is 3.22. The molecule has 0 aliphatic rings. The summed E-state index contributed by atoms with van der Waals surface area (Å²) in [5.74, 6) is 1.99. The van der Waals surface area contributed by atoms with Crippen LogP contribution in [0.5, 0.6) is 0 Å². The summed E-state index contributed by atoms with van der Waals surface area (Å²) in [6.07, 6.45) is 2.15. The number of nitrogens with one attached hydrogen (secondary N) is 1. The number of nitrogens with two attached hydrogens (primary N) is 1. The number of anilines is 3. The minimum atomic E-state index is -0.130. The Morgan fingerprint density at radius 2 is 1.86 bits per heavy atom. The molecule has 21 heavy (non-hydrogen) atoms. The first-order valence-electron chi connectivity index (χ1n) is 7.40. The van der Waals surface area contributed by atoms with Crippen LogP contribution in [0.4, 0.5) is 17.3 Å². The van der Waals surface area contributed by atoms with Gasteiger partial charge in [0.2, 0.25) is 0 Å². The van der Waals surface area contributed by atoms with Crippen molar-refractivity contribution in [2.75, 3.05) is 11.1 Å². The number of hydrogen-bond donors (Lipinski definition) is 2. The first-order valence-corrected chi connectivity index (χ1v) is 7.40. The zero-order valence-electron chi connectivity index (χ0n) is 13.3. The minimum absolute atomic E-state index is 0.130. The summed E-state index contributed by atoms with van der Waals surface area (Å²) in [5.41, 5.74) is 8.15. The van der Waals surface area contributed by atoms with Gasteiger partial charge in [0.15, 0.2) is 0 Å². The average Bonchev–Trinajstić information content (AvgIpc) is 2.40. The van der Waals surface area contributed by atoms with Gasteiger partial charge >= 0.3 is 0 Å². The lowest BCUT2D eigenvalue weighted by molar-refractivity contribution is 0.547. The van der Waals surface area contributed by atoms with Crippen LogP contribution in [0.3, 0.4) is 0 Å². The molecule has 0 saturated carbocycles. The summed E-state index contributed by atoms with van der Waals surface area (Å²) in [4.78, 5) is 8.93. The van der Waals surface area contributed by atoms with E-state index in [2.05, 4.69) is 61.2 Å². The number of aryl methyl sites for hydroxylation is 1. The van der Waals surface area contributed by atoms with Crippen molar-refractivity contribution in [2.24, 2.45) is 0 Å². The van der Waals surface area contributed by atoms with Crippen LogP contribution >= 0.6 is 0 Å². The molecule has 0 unspecified atom stereocenters. The summed E-state index contributed by atoms with van der Waals surface area (Å²) >= 11 is 0. The molecule has 2 aromatic rings. The highest BCUT2D eigenvalue weighted by Gasteiger charge is 2.18. The van der Waals surface area contributed by atoms with Gasteiger partial charge in [-0.2, -0.15) is 0 Å². The Kier molecular flexibility index (Phi) is 4.46. The third kappa shape index (κ3) is 3.94. The number of nitrogens with zero attached hydrogens (tertiary/aromatic N) is 2. The SMILES string of the molecule is CCCc1ccccc1Nc1cc(N)nc(C(C)(C)C)n1. The Bertz CT molecular complexity index is 614. The average molecular weight is 284 g/mol. The standard InChI is InChI=1S/C17H24N4/c1-5-8-12-9-6-7-10-13(12)19-15-11-14(18)20-16(21-15)17(2,3)4/h6-7,9-11H,5,8H2,1-4H3,(H3,18,19,20,21). The van der Waals surface area contributed by atoms with Crippen molar-refractivity contribution in [3.05, 3.63) is 41.7 Å². The zero-order valence-corrected chi connectivity index (χ0v) is 13.3. The predicted octanol–water partition coefficient (Wildman–Crippen LogP) is 4.05. The van der Waals surface area contributed by atoms with Gasteiger partial charge in [-0.3, -0.25) is 0 Å². The molecule has 0 spiro atoms.